The van der Waals surface area contributed by atoms with Crippen LogP contribution < -0.4 is 15.5 Å². The van der Waals surface area contributed by atoms with Gasteiger partial charge in [0.05, 0.1) is 22.3 Å². The van der Waals surface area contributed by atoms with Crippen molar-refractivity contribution in [1.82, 2.24) is 10.3 Å². The normalized spacial score (nSPS) is 17.9. The third-order valence-electron chi connectivity index (χ3n) is 6.27. The van der Waals surface area contributed by atoms with E-state index in [0.29, 0.717) is 16.1 Å². The molecular weight excluding hydrogens is 370 g/mol. The van der Waals surface area contributed by atoms with Gasteiger partial charge in [-0.25, -0.2) is 4.98 Å². The van der Waals surface area contributed by atoms with E-state index < -0.39 is 0 Å². The second-order valence-electron chi connectivity index (χ2n) is 7.77. The van der Waals surface area contributed by atoms with Crippen LogP contribution in [0.15, 0.2) is 24.4 Å². The first-order valence-corrected chi connectivity index (χ1v) is 10.4. The Labute approximate surface area is 171 Å². The first kappa shape index (κ1) is 19.0. The predicted molar refractivity (Wildman–Crippen MR) is 115 cm³/mol. The first-order valence-electron chi connectivity index (χ1n) is 10.0. The molecule has 1 aromatic carbocycles. The smallest absolute Gasteiger partial charge is 0.135 e. The molecule has 0 amide bonds. The minimum Gasteiger partial charge on any atom is -0.365 e. The molecule has 2 aliphatic heterocycles. The topological polar surface area (TPSA) is 64.0 Å². The summed E-state index contributed by atoms with van der Waals surface area (Å²) in [5.74, 6) is 0.829. The molecule has 0 saturated carbocycles. The molecule has 0 atom stereocenters. The Hall–Kier alpha value is -2.29. The van der Waals surface area contributed by atoms with Gasteiger partial charge >= 0.3 is 0 Å². The molecule has 2 aliphatic rings. The minimum atomic E-state index is 0.296. The summed E-state index contributed by atoms with van der Waals surface area (Å²) in [5.41, 5.74) is 5.41. The molecule has 1 aromatic heterocycles. The van der Waals surface area contributed by atoms with Crippen molar-refractivity contribution in [1.29, 1.82) is 5.26 Å². The molecule has 6 heteroatoms. The second-order valence-corrected chi connectivity index (χ2v) is 8.17. The Kier molecular flexibility index (Phi) is 5.18. The third kappa shape index (κ3) is 3.21. The summed E-state index contributed by atoms with van der Waals surface area (Å²) >= 11 is 6.37. The predicted octanol–water partition coefficient (Wildman–Crippen LogP) is 4.55. The van der Waals surface area contributed by atoms with Crippen LogP contribution in [0.2, 0.25) is 5.02 Å². The molecular formula is C22H26ClN5. The van der Waals surface area contributed by atoms with E-state index in [4.69, 9.17) is 16.9 Å². The van der Waals surface area contributed by atoms with Crippen molar-refractivity contribution in [3.8, 4) is 6.07 Å². The van der Waals surface area contributed by atoms with Gasteiger partial charge in [-0.2, -0.15) is 5.26 Å². The quantitative estimate of drug-likeness (QED) is 0.794. The van der Waals surface area contributed by atoms with Crippen molar-refractivity contribution in [2.75, 3.05) is 29.9 Å². The van der Waals surface area contributed by atoms with E-state index in [1.165, 1.54) is 30.5 Å². The summed E-state index contributed by atoms with van der Waals surface area (Å²) < 4.78 is 0. The van der Waals surface area contributed by atoms with Crippen molar-refractivity contribution in [2.45, 2.75) is 45.1 Å². The van der Waals surface area contributed by atoms with Gasteiger partial charge in [-0.15, -0.1) is 0 Å². The number of nitriles is 1. The van der Waals surface area contributed by atoms with Crippen molar-refractivity contribution in [2.24, 2.45) is 0 Å². The van der Waals surface area contributed by atoms with Gasteiger partial charge in [0.1, 0.15) is 5.82 Å². The first-order chi connectivity index (χ1) is 13.6. The van der Waals surface area contributed by atoms with Crippen LogP contribution in [0.3, 0.4) is 0 Å². The highest BCUT2D eigenvalue weighted by Crippen LogP contribution is 2.45. The number of benzene rings is 1. The number of anilines is 3. The molecule has 0 unspecified atom stereocenters. The number of piperidine rings is 1. The number of hydrogen-bond donors (Lipinski definition) is 2. The average molecular weight is 396 g/mol. The molecule has 5 nitrogen and oxygen atoms in total. The number of rotatable bonds is 4. The monoisotopic (exact) mass is 395 g/mol. The van der Waals surface area contributed by atoms with Gasteiger partial charge in [-0.05, 0) is 69.5 Å². The van der Waals surface area contributed by atoms with E-state index in [-0.39, 0.29) is 0 Å². The highest BCUT2D eigenvalue weighted by atomic mass is 35.5. The van der Waals surface area contributed by atoms with Crippen LogP contribution in [-0.2, 0) is 6.42 Å². The minimum absolute atomic E-state index is 0.296. The molecule has 28 heavy (non-hydrogen) atoms. The highest BCUT2D eigenvalue weighted by Gasteiger charge is 2.46. The molecule has 1 spiro atoms. The largest absolute Gasteiger partial charge is 0.365 e. The van der Waals surface area contributed by atoms with Crippen LogP contribution in [0.25, 0.3) is 0 Å². The molecule has 0 bridgehead atoms. The summed E-state index contributed by atoms with van der Waals surface area (Å²) in [6, 6.07) is 7.41. The molecule has 2 aromatic rings. The third-order valence-corrected chi connectivity index (χ3v) is 6.59. The van der Waals surface area contributed by atoms with Crippen molar-refractivity contribution in [3.05, 3.63) is 46.1 Å². The SMILES string of the molecule is CCc1cnc(Nc2ccc(C#N)cc2Cl)c(C)c1N1CCC12CCNCC2. The number of hydrogen-bond acceptors (Lipinski definition) is 5. The molecule has 146 valence electrons. The van der Waals surface area contributed by atoms with Crippen LogP contribution >= 0.6 is 11.6 Å². The molecule has 2 saturated heterocycles. The molecule has 0 aliphatic carbocycles. The summed E-state index contributed by atoms with van der Waals surface area (Å²) in [7, 11) is 0. The molecule has 2 N–H and O–H groups in total. The lowest BCUT2D eigenvalue weighted by molar-refractivity contribution is 0.205. The lowest BCUT2D eigenvalue weighted by atomic mass is 9.76. The van der Waals surface area contributed by atoms with Crippen LogP contribution in [0.1, 0.15) is 42.9 Å². The van der Waals surface area contributed by atoms with Gasteiger partial charge in [0, 0.05) is 29.5 Å². The highest BCUT2D eigenvalue weighted by molar-refractivity contribution is 6.33. The van der Waals surface area contributed by atoms with Gasteiger partial charge < -0.3 is 15.5 Å². The van der Waals surface area contributed by atoms with Crippen LogP contribution in [-0.4, -0.2) is 30.2 Å². The molecule has 4 rings (SSSR count). The fourth-order valence-electron chi connectivity index (χ4n) is 4.53. The summed E-state index contributed by atoms with van der Waals surface area (Å²) in [6.45, 7) is 7.63. The number of aryl methyl sites for hydroxylation is 1. The lowest BCUT2D eigenvalue weighted by Gasteiger charge is -2.57. The Bertz CT molecular complexity index is 927. The lowest BCUT2D eigenvalue weighted by Crippen LogP contribution is -2.64. The van der Waals surface area contributed by atoms with Crippen LogP contribution in [0.5, 0.6) is 0 Å². The van der Waals surface area contributed by atoms with E-state index in [0.717, 1.165) is 43.1 Å². The van der Waals surface area contributed by atoms with Gasteiger partial charge in [0.2, 0.25) is 0 Å². The van der Waals surface area contributed by atoms with E-state index in [2.05, 4.69) is 40.4 Å². The Balaban J connectivity index is 1.69. The average Bonchev–Trinajstić information content (AvgIpc) is 2.72. The van der Waals surface area contributed by atoms with Crippen molar-refractivity contribution >= 4 is 28.8 Å². The molecule has 3 heterocycles. The Morgan fingerprint density at radius 1 is 1.32 bits per heavy atom. The zero-order valence-corrected chi connectivity index (χ0v) is 17.2. The van der Waals surface area contributed by atoms with Gasteiger partial charge in [0.15, 0.2) is 0 Å². The van der Waals surface area contributed by atoms with E-state index in [1.54, 1.807) is 12.1 Å². The van der Waals surface area contributed by atoms with E-state index in [9.17, 15) is 0 Å². The van der Waals surface area contributed by atoms with Gasteiger partial charge in [-0.1, -0.05) is 18.5 Å². The standard InChI is InChI=1S/C22H26ClN5/c1-3-17-14-26-21(27-19-5-4-16(13-24)12-18(19)23)15(2)20(17)28-11-8-22(28)6-9-25-10-7-22/h4-5,12,14,25H,3,6-11H2,1-2H3,(H,26,27). The zero-order valence-electron chi connectivity index (χ0n) is 16.5. The number of halogens is 1. The maximum atomic E-state index is 9.05. The molecule has 0 radical (unpaired) electrons. The summed E-state index contributed by atoms with van der Waals surface area (Å²) in [6.07, 6.45) is 6.62. The van der Waals surface area contributed by atoms with Crippen LogP contribution in [0, 0.1) is 18.3 Å². The van der Waals surface area contributed by atoms with Crippen molar-refractivity contribution < 1.29 is 0 Å². The van der Waals surface area contributed by atoms with Gasteiger partial charge in [0.25, 0.3) is 0 Å². The van der Waals surface area contributed by atoms with Gasteiger partial charge in [-0.3, -0.25) is 0 Å². The number of aromatic nitrogens is 1. The summed E-state index contributed by atoms with van der Waals surface area (Å²) in [5, 5.41) is 16.5. The van der Waals surface area contributed by atoms with E-state index >= 15 is 0 Å². The molecule has 2 fully saturated rings. The number of nitrogens with zero attached hydrogens (tertiary/aromatic N) is 3. The van der Waals surface area contributed by atoms with Crippen LogP contribution in [0.4, 0.5) is 17.2 Å². The second kappa shape index (κ2) is 7.62. The Morgan fingerprint density at radius 2 is 2.11 bits per heavy atom. The zero-order chi connectivity index (χ0) is 19.7. The maximum absolute atomic E-state index is 9.05. The number of pyridine rings is 1. The maximum Gasteiger partial charge on any atom is 0.135 e. The Morgan fingerprint density at radius 3 is 2.71 bits per heavy atom. The fourth-order valence-corrected chi connectivity index (χ4v) is 4.76. The summed E-state index contributed by atoms with van der Waals surface area (Å²) in [4.78, 5) is 7.31. The van der Waals surface area contributed by atoms with Crippen molar-refractivity contribution in [3.63, 3.8) is 0 Å². The van der Waals surface area contributed by atoms with E-state index in [1.807, 2.05) is 12.3 Å². The fraction of sp³-hybridized carbons (Fsp3) is 0.455. The number of nitrogens with one attached hydrogen (secondary N) is 2.